The quantitative estimate of drug-likeness (QED) is 0.532. The molecule has 13 heteroatoms. The number of halogens is 3. The lowest BCUT2D eigenvalue weighted by atomic mass is 9.95. The maximum atomic E-state index is 14.1. The molecule has 2 unspecified atom stereocenters. The van der Waals surface area contributed by atoms with Gasteiger partial charge in [0.2, 0.25) is 5.95 Å². The zero-order valence-corrected chi connectivity index (χ0v) is 19.2. The maximum Gasteiger partial charge on any atom is 0.408 e. The molecule has 0 aromatic carbocycles. The van der Waals surface area contributed by atoms with Gasteiger partial charge in [0, 0.05) is 43.4 Å². The van der Waals surface area contributed by atoms with Gasteiger partial charge < -0.3 is 25.0 Å². The molecule has 3 fully saturated rings. The molecule has 2 N–H and O–H groups in total. The second kappa shape index (κ2) is 8.17. The normalized spacial score (nSPS) is 28.2. The van der Waals surface area contributed by atoms with Gasteiger partial charge in [-0.05, 0) is 25.0 Å². The molecule has 192 valence electrons. The molecule has 36 heavy (non-hydrogen) atoms. The molecule has 3 aliphatic heterocycles. The first kappa shape index (κ1) is 23.2. The van der Waals surface area contributed by atoms with E-state index in [1.807, 2.05) is 4.90 Å². The van der Waals surface area contributed by atoms with Crippen LogP contribution in [0.4, 0.5) is 30.8 Å². The summed E-state index contributed by atoms with van der Waals surface area (Å²) in [5.41, 5.74) is -0.506. The first-order chi connectivity index (χ1) is 17.2. The van der Waals surface area contributed by atoms with E-state index in [2.05, 4.69) is 15.3 Å². The van der Waals surface area contributed by atoms with Crippen molar-refractivity contribution in [1.29, 1.82) is 0 Å². The highest BCUT2D eigenvalue weighted by atomic mass is 19.4. The van der Waals surface area contributed by atoms with E-state index in [4.69, 9.17) is 9.84 Å². The van der Waals surface area contributed by atoms with Gasteiger partial charge in [-0.2, -0.15) is 18.2 Å². The topological polar surface area (TPSA) is 113 Å². The molecular formula is C23H25F3N6O4. The molecule has 2 saturated heterocycles. The Bertz CT molecular complexity index is 1250. The number of nitrogens with one attached hydrogen (secondary N) is 1. The van der Waals surface area contributed by atoms with Crippen molar-refractivity contribution in [3.05, 3.63) is 40.3 Å². The fourth-order valence-corrected chi connectivity index (χ4v) is 5.77. The molecule has 6 rings (SSSR count). The number of hydrogen-bond donors (Lipinski definition) is 2. The second-order valence-corrected chi connectivity index (χ2v) is 9.71. The third-order valence-electron chi connectivity index (χ3n) is 7.73. The van der Waals surface area contributed by atoms with Crippen LogP contribution in [0.25, 0.3) is 0 Å². The van der Waals surface area contributed by atoms with Gasteiger partial charge in [0.05, 0.1) is 31.4 Å². The number of carbonyl (C=O) groups is 1. The number of carbonyl (C=O) groups excluding carboxylic acids is 1. The molecule has 0 amide bonds. The van der Waals surface area contributed by atoms with Gasteiger partial charge in [0.1, 0.15) is 17.7 Å². The molecule has 4 aliphatic rings. The van der Waals surface area contributed by atoms with Gasteiger partial charge in [0.25, 0.3) is 5.56 Å². The molecule has 2 aromatic rings. The summed E-state index contributed by atoms with van der Waals surface area (Å²) in [6.45, 7) is 0.609. The number of aromatic nitrogens is 3. The Kier molecular flexibility index (Phi) is 5.27. The number of nitrogens with zero attached hydrogens (tertiary/aromatic N) is 5. The van der Waals surface area contributed by atoms with Crippen LogP contribution >= 0.6 is 0 Å². The van der Waals surface area contributed by atoms with Gasteiger partial charge in [-0.1, -0.05) is 0 Å². The highest BCUT2D eigenvalue weighted by Gasteiger charge is 2.74. The smallest absolute Gasteiger partial charge is 0.395 e. The number of anilines is 3. The number of aliphatic hydroxyl groups excluding tert-OH is 1. The van der Waals surface area contributed by atoms with E-state index >= 15 is 0 Å². The third-order valence-corrected chi connectivity index (χ3v) is 7.73. The Morgan fingerprint density at radius 1 is 1.33 bits per heavy atom. The second-order valence-electron chi connectivity index (χ2n) is 9.71. The molecule has 1 aliphatic carbocycles. The van der Waals surface area contributed by atoms with Crippen molar-refractivity contribution in [3.63, 3.8) is 0 Å². The van der Waals surface area contributed by atoms with Crippen molar-refractivity contribution in [3.8, 4) is 0 Å². The van der Waals surface area contributed by atoms with E-state index in [0.29, 0.717) is 30.7 Å². The highest BCUT2D eigenvalue weighted by molar-refractivity contribution is 5.99. The Balaban J connectivity index is 1.31. The maximum absolute atomic E-state index is 14.1. The Hall–Kier alpha value is -3.19. The van der Waals surface area contributed by atoms with Crippen molar-refractivity contribution in [1.82, 2.24) is 14.5 Å². The van der Waals surface area contributed by atoms with E-state index < -0.39 is 30.1 Å². The minimum atomic E-state index is -4.61. The van der Waals surface area contributed by atoms with Crippen LogP contribution in [0.5, 0.6) is 0 Å². The van der Waals surface area contributed by atoms with Crippen molar-refractivity contribution in [2.45, 2.75) is 43.2 Å². The summed E-state index contributed by atoms with van der Waals surface area (Å²) < 4.78 is 49.1. The third kappa shape index (κ3) is 3.55. The zero-order chi connectivity index (χ0) is 25.2. The highest BCUT2D eigenvalue weighted by Crippen LogP contribution is 2.63. The summed E-state index contributed by atoms with van der Waals surface area (Å²) in [6, 6.07) is 2.40. The molecule has 1 spiro atoms. The SMILES string of the molecule is O=C(CN1c2nc(N3C[C@H]4OCC5CC543)cc(=O)n2CC[C@H]1C(F)(F)F)c1ccc(NCCO)nc1. The summed E-state index contributed by atoms with van der Waals surface area (Å²) >= 11 is 0. The van der Waals surface area contributed by atoms with Gasteiger partial charge in [0.15, 0.2) is 5.78 Å². The van der Waals surface area contributed by atoms with Gasteiger partial charge >= 0.3 is 6.18 Å². The monoisotopic (exact) mass is 506 g/mol. The number of rotatable bonds is 7. The molecule has 1 saturated carbocycles. The molecule has 2 aromatic heterocycles. The van der Waals surface area contributed by atoms with Crippen LogP contribution in [0.1, 0.15) is 23.2 Å². The lowest BCUT2D eigenvalue weighted by Crippen LogP contribution is -2.63. The molecule has 0 radical (unpaired) electrons. The molecule has 0 bridgehead atoms. The van der Waals surface area contributed by atoms with E-state index in [1.54, 1.807) is 0 Å². The number of Topliss-reactive ketones (excluding diaryl/α,β-unsaturated/α-hetero) is 1. The fourth-order valence-electron chi connectivity index (χ4n) is 5.77. The van der Waals surface area contributed by atoms with Gasteiger partial charge in [-0.25, -0.2) is 4.98 Å². The average molecular weight is 506 g/mol. The van der Waals surface area contributed by atoms with Crippen LogP contribution in [0, 0.1) is 5.92 Å². The largest absolute Gasteiger partial charge is 0.408 e. The van der Waals surface area contributed by atoms with Crippen LogP contribution < -0.4 is 20.7 Å². The lowest BCUT2D eigenvalue weighted by Gasteiger charge is -2.47. The summed E-state index contributed by atoms with van der Waals surface area (Å²) in [6.07, 6.45) is -2.72. The van der Waals surface area contributed by atoms with E-state index in [-0.39, 0.29) is 49.3 Å². The van der Waals surface area contributed by atoms with Crippen molar-refractivity contribution < 1.29 is 27.8 Å². The number of ether oxygens (including phenoxy) is 1. The Morgan fingerprint density at radius 3 is 2.83 bits per heavy atom. The molecule has 5 heterocycles. The first-order valence-electron chi connectivity index (χ1n) is 11.9. The number of ketones is 1. The number of fused-ring (bicyclic) bond motifs is 1. The standard InChI is InChI=1S/C23H25F3N6O4/c24-23(25,26)16-3-5-30-20(35)7-19(32-11-17-22(32)8-14(22)12-36-17)29-21(30)31(16)10-15(34)13-1-2-18(28-9-13)27-4-6-33/h1-2,7,9,14,16-17,33H,3-6,8,10-12H2,(H,27,28)/t14?,16-,17+,22?/m0/s1. The van der Waals surface area contributed by atoms with E-state index in [9.17, 15) is 22.8 Å². The van der Waals surface area contributed by atoms with Crippen LogP contribution in [0.3, 0.4) is 0 Å². The van der Waals surface area contributed by atoms with Crippen LogP contribution in [-0.2, 0) is 11.3 Å². The number of aliphatic hydroxyl groups is 1. The van der Waals surface area contributed by atoms with Gasteiger partial charge in [-0.15, -0.1) is 0 Å². The molecular weight excluding hydrogens is 481 g/mol. The lowest BCUT2D eigenvalue weighted by molar-refractivity contribution is -0.152. The summed E-state index contributed by atoms with van der Waals surface area (Å²) in [5.74, 6) is 0.380. The van der Waals surface area contributed by atoms with Crippen LogP contribution in [0.2, 0.25) is 0 Å². The van der Waals surface area contributed by atoms with Crippen LogP contribution in [-0.4, -0.2) is 82.1 Å². The zero-order valence-electron chi connectivity index (χ0n) is 19.2. The van der Waals surface area contributed by atoms with E-state index in [0.717, 1.165) is 11.3 Å². The predicted molar refractivity (Wildman–Crippen MR) is 122 cm³/mol. The van der Waals surface area contributed by atoms with Crippen molar-refractivity contribution in [2.75, 3.05) is 48.0 Å². The fraction of sp³-hybridized carbons (Fsp3) is 0.565. The Labute approximate surface area is 203 Å². The van der Waals surface area contributed by atoms with E-state index in [1.165, 1.54) is 29.0 Å². The Morgan fingerprint density at radius 2 is 2.17 bits per heavy atom. The van der Waals surface area contributed by atoms with Crippen LogP contribution in [0.15, 0.2) is 29.2 Å². The number of alkyl halides is 3. The average Bonchev–Trinajstić information content (AvgIpc) is 3.53. The number of hydrogen-bond acceptors (Lipinski definition) is 9. The predicted octanol–water partition coefficient (Wildman–Crippen LogP) is 1.04. The molecule has 10 nitrogen and oxygen atoms in total. The minimum absolute atomic E-state index is 0.0611. The minimum Gasteiger partial charge on any atom is -0.395 e. The molecule has 4 atom stereocenters. The van der Waals surface area contributed by atoms with Crippen molar-refractivity contribution in [2.24, 2.45) is 5.92 Å². The van der Waals surface area contributed by atoms with Crippen molar-refractivity contribution >= 4 is 23.4 Å². The summed E-state index contributed by atoms with van der Waals surface area (Å²) in [5, 5.41) is 11.7. The first-order valence-corrected chi connectivity index (χ1v) is 11.9. The van der Waals surface area contributed by atoms with Gasteiger partial charge in [-0.3, -0.25) is 14.2 Å². The summed E-state index contributed by atoms with van der Waals surface area (Å²) in [7, 11) is 0. The number of pyridine rings is 1. The summed E-state index contributed by atoms with van der Waals surface area (Å²) in [4.78, 5) is 37.5.